The molecule has 3 aromatic carbocycles. The number of amidine groups is 1. The highest BCUT2D eigenvalue weighted by Gasteiger charge is 2.48. The molecule has 3 amide bonds. The summed E-state index contributed by atoms with van der Waals surface area (Å²) in [6.45, 7) is 2.90. The molecule has 14 nitrogen and oxygen atoms in total. The molecule has 0 aliphatic carbocycles. The van der Waals surface area contributed by atoms with Crippen LogP contribution in [0.3, 0.4) is 0 Å². The predicted octanol–water partition coefficient (Wildman–Crippen LogP) is 1.52. The van der Waals surface area contributed by atoms with E-state index in [-0.39, 0.29) is 33.4 Å². The van der Waals surface area contributed by atoms with Crippen molar-refractivity contribution in [3.8, 4) is 5.75 Å². The lowest BCUT2D eigenvalue weighted by molar-refractivity contribution is -0.147. The molecule has 0 aromatic heterocycles. The van der Waals surface area contributed by atoms with E-state index in [0.717, 1.165) is 12.5 Å². The Kier molecular flexibility index (Phi) is 8.50. The summed E-state index contributed by atoms with van der Waals surface area (Å²) in [6, 6.07) is 16.1. The van der Waals surface area contributed by atoms with Crippen LogP contribution in [0.2, 0.25) is 0 Å². The number of aliphatic carboxylic acids is 1. The maximum atomic E-state index is 13.3. The van der Waals surface area contributed by atoms with Gasteiger partial charge in [0.1, 0.15) is 17.8 Å². The van der Waals surface area contributed by atoms with Crippen LogP contribution in [0.5, 0.6) is 5.75 Å². The minimum Gasteiger partial charge on any atom is -0.481 e. The van der Waals surface area contributed by atoms with Crippen molar-refractivity contribution in [1.29, 1.82) is 5.41 Å². The van der Waals surface area contributed by atoms with Crippen LogP contribution in [0.1, 0.15) is 34.8 Å². The topological polar surface area (TPSA) is 230 Å². The quantitative estimate of drug-likeness (QED) is 0.0764. The van der Waals surface area contributed by atoms with E-state index in [1.54, 1.807) is 19.1 Å². The number of aryl methyl sites for hydroxylation is 1. The minimum absolute atomic E-state index is 0.0111. The van der Waals surface area contributed by atoms with Crippen LogP contribution in [0.4, 0.5) is 11.4 Å². The molecule has 0 radical (unpaired) electrons. The molecule has 0 saturated heterocycles. The van der Waals surface area contributed by atoms with Gasteiger partial charge in [0.2, 0.25) is 10.0 Å². The standard InChI is InChI=1S/C28H28N6O8S/c1-15-3-10-19(11-4-15)43(40,41)34-22(14-23(35)36)33-27(39)28(2)26(38)32-20-12-9-18(13-21(20)42-28)31-25(37)17-7-5-16(6-8-17)24(29)30/h3-13,22,34H,14H2,1-2H3,(H3,29,30)(H,31,37)(H,32,38)(H,33,39)(H,35,36). The largest absolute Gasteiger partial charge is 0.481 e. The molecule has 2 unspecified atom stereocenters. The van der Waals surface area contributed by atoms with Gasteiger partial charge in [0.25, 0.3) is 23.3 Å². The fraction of sp³-hybridized carbons (Fsp3) is 0.179. The highest BCUT2D eigenvalue weighted by molar-refractivity contribution is 7.89. The van der Waals surface area contributed by atoms with Crippen molar-refractivity contribution < 1.29 is 37.4 Å². The second kappa shape index (κ2) is 11.9. The Morgan fingerprint density at radius 2 is 1.67 bits per heavy atom. The van der Waals surface area contributed by atoms with Crippen LogP contribution in [0.25, 0.3) is 0 Å². The van der Waals surface area contributed by atoms with E-state index < -0.39 is 51.9 Å². The molecule has 224 valence electrons. The molecule has 0 spiro atoms. The van der Waals surface area contributed by atoms with E-state index >= 15 is 0 Å². The lowest BCUT2D eigenvalue weighted by atomic mass is 10.0. The Morgan fingerprint density at radius 3 is 2.28 bits per heavy atom. The molecule has 8 N–H and O–H groups in total. The maximum Gasteiger partial charge on any atom is 0.306 e. The van der Waals surface area contributed by atoms with E-state index in [9.17, 15) is 32.7 Å². The first-order valence-corrected chi connectivity index (χ1v) is 14.2. The third-order valence-electron chi connectivity index (χ3n) is 6.44. The van der Waals surface area contributed by atoms with E-state index in [4.69, 9.17) is 15.9 Å². The molecule has 1 aliphatic heterocycles. The summed E-state index contributed by atoms with van der Waals surface area (Å²) >= 11 is 0. The molecular formula is C28H28N6O8S. The molecular weight excluding hydrogens is 580 g/mol. The number of nitrogens with one attached hydrogen (secondary N) is 5. The van der Waals surface area contributed by atoms with Crippen molar-refractivity contribution in [1.82, 2.24) is 10.0 Å². The van der Waals surface area contributed by atoms with Crippen molar-refractivity contribution >= 4 is 50.9 Å². The molecule has 3 aromatic rings. The molecule has 2 atom stereocenters. The maximum absolute atomic E-state index is 13.3. The first-order valence-electron chi connectivity index (χ1n) is 12.7. The minimum atomic E-state index is -4.25. The summed E-state index contributed by atoms with van der Waals surface area (Å²) in [4.78, 5) is 50.3. The van der Waals surface area contributed by atoms with Crippen LogP contribution in [0, 0.1) is 12.3 Å². The monoisotopic (exact) mass is 608 g/mol. The highest BCUT2D eigenvalue weighted by Crippen LogP contribution is 2.36. The van der Waals surface area contributed by atoms with E-state index in [1.807, 2.05) is 0 Å². The second-order valence-electron chi connectivity index (χ2n) is 9.80. The van der Waals surface area contributed by atoms with Gasteiger partial charge in [-0.25, -0.2) is 8.42 Å². The Labute approximate surface area is 246 Å². The zero-order valence-corrected chi connectivity index (χ0v) is 23.7. The summed E-state index contributed by atoms with van der Waals surface area (Å²) in [6.07, 6.45) is -2.47. The van der Waals surface area contributed by atoms with Crippen LogP contribution < -0.4 is 31.1 Å². The van der Waals surface area contributed by atoms with Crippen molar-refractivity contribution in [2.24, 2.45) is 5.73 Å². The highest BCUT2D eigenvalue weighted by atomic mass is 32.2. The number of carboxylic acid groups (broad SMARTS) is 1. The fourth-order valence-electron chi connectivity index (χ4n) is 4.02. The van der Waals surface area contributed by atoms with Gasteiger partial charge in [-0.15, -0.1) is 0 Å². The van der Waals surface area contributed by atoms with Crippen LogP contribution in [-0.4, -0.2) is 54.8 Å². The number of ether oxygens (including phenoxy) is 1. The normalized spacial score (nSPS) is 16.6. The summed E-state index contributed by atoms with van der Waals surface area (Å²) in [5.74, 6) is -4.06. The zero-order chi connectivity index (χ0) is 31.5. The molecule has 0 saturated carbocycles. The Balaban J connectivity index is 1.51. The number of sulfonamides is 1. The van der Waals surface area contributed by atoms with Gasteiger partial charge in [0, 0.05) is 22.9 Å². The van der Waals surface area contributed by atoms with E-state index in [0.29, 0.717) is 5.56 Å². The SMILES string of the molecule is Cc1ccc(S(=O)(=O)NC(CC(=O)O)NC(=O)C2(C)Oc3cc(NC(=O)c4ccc(C(=N)N)cc4)ccc3NC2=O)cc1. The molecule has 0 bridgehead atoms. The Hall–Kier alpha value is -5.28. The number of nitrogens with two attached hydrogens (primary N) is 1. The molecule has 0 fully saturated rings. The average Bonchev–Trinajstić information content (AvgIpc) is 2.93. The first-order chi connectivity index (χ1) is 20.2. The van der Waals surface area contributed by atoms with Crippen molar-refractivity contribution in [2.75, 3.05) is 10.6 Å². The number of fused-ring (bicyclic) bond motifs is 1. The fourth-order valence-corrected chi connectivity index (χ4v) is 5.16. The van der Waals surface area contributed by atoms with Crippen LogP contribution in [0.15, 0.2) is 71.6 Å². The predicted molar refractivity (Wildman–Crippen MR) is 155 cm³/mol. The van der Waals surface area contributed by atoms with Gasteiger partial charge in [-0.05, 0) is 50.2 Å². The summed E-state index contributed by atoms with van der Waals surface area (Å²) in [5.41, 5.74) is 5.17. The number of hydrogen-bond donors (Lipinski definition) is 7. The number of anilines is 2. The summed E-state index contributed by atoms with van der Waals surface area (Å²) in [7, 11) is -4.25. The van der Waals surface area contributed by atoms with Gasteiger partial charge in [0.15, 0.2) is 0 Å². The van der Waals surface area contributed by atoms with Gasteiger partial charge in [-0.3, -0.25) is 24.6 Å². The molecule has 43 heavy (non-hydrogen) atoms. The first kappa shape index (κ1) is 30.7. The van der Waals surface area contributed by atoms with Crippen molar-refractivity contribution in [3.05, 3.63) is 83.4 Å². The number of nitrogen functional groups attached to an aromatic ring is 1. The van der Waals surface area contributed by atoms with Gasteiger partial charge >= 0.3 is 5.97 Å². The van der Waals surface area contributed by atoms with Crippen molar-refractivity contribution in [3.63, 3.8) is 0 Å². The summed E-state index contributed by atoms with van der Waals surface area (Å²) < 4.78 is 33.6. The van der Waals surface area contributed by atoms with Crippen molar-refractivity contribution in [2.45, 2.75) is 36.9 Å². The second-order valence-corrected chi connectivity index (χ2v) is 11.5. The van der Waals surface area contributed by atoms with E-state index in [2.05, 4.69) is 20.7 Å². The van der Waals surface area contributed by atoms with Crippen LogP contribution >= 0.6 is 0 Å². The Morgan fingerprint density at radius 1 is 1.05 bits per heavy atom. The molecule has 15 heteroatoms. The lowest BCUT2D eigenvalue weighted by Crippen LogP contribution is -2.62. The van der Waals surface area contributed by atoms with Gasteiger partial charge in [-0.1, -0.05) is 29.8 Å². The van der Waals surface area contributed by atoms with Crippen LogP contribution in [-0.2, 0) is 24.4 Å². The third-order valence-corrected chi connectivity index (χ3v) is 7.93. The number of carbonyl (C=O) groups excluding carboxylic acids is 3. The van der Waals surface area contributed by atoms with Gasteiger partial charge in [0.05, 0.1) is 17.0 Å². The zero-order valence-electron chi connectivity index (χ0n) is 22.9. The third kappa shape index (κ3) is 6.97. The summed E-state index contributed by atoms with van der Waals surface area (Å²) in [5, 5.41) is 24.2. The molecule has 4 rings (SSSR count). The number of carboxylic acids is 1. The average molecular weight is 609 g/mol. The molecule has 1 heterocycles. The number of benzene rings is 3. The molecule has 1 aliphatic rings. The Bertz CT molecular complexity index is 1720. The van der Waals surface area contributed by atoms with Gasteiger partial charge < -0.3 is 31.5 Å². The lowest BCUT2D eigenvalue weighted by Gasteiger charge is -2.34. The number of carbonyl (C=O) groups is 4. The van der Waals surface area contributed by atoms with E-state index in [1.165, 1.54) is 54.6 Å². The number of rotatable bonds is 10. The number of hydrogen-bond acceptors (Lipinski definition) is 8. The number of amides is 3. The van der Waals surface area contributed by atoms with Gasteiger partial charge in [-0.2, -0.15) is 4.72 Å². The smallest absolute Gasteiger partial charge is 0.306 e.